The standard InChI is InChI=1S/C19H26BrNO2SSi/c1-19(2,3)25(5,6)21(24(4,22)23)18-13-16(12-17(20)14-18)15-10-8-7-9-11-15/h7-14H,1-6H3. The quantitative estimate of drug-likeness (QED) is 0.556. The molecule has 0 spiro atoms. The molecule has 0 aliphatic carbocycles. The molecule has 0 atom stereocenters. The summed E-state index contributed by atoms with van der Waals surface area (Å²) in [6.07, 6.45) is 1.30. The highest BCUT2D eigenvalue weighted by Crippen LogP contribution is 2.43. The van der Waals surface area contributed by atoms with Crippen LogP contribution in [0, 0.1) is 0 Å². The summed E-state index contributed by atoms with van der Waals surface area (Å²) in [5.74, 6) is 0. The van der Waals surface area contributed by atoms with E-state index in [2.05, 4.69) is 49.8 Å². The van der Waals surface area contributed by atoms with Gasteiger partial charge in [0.05, 0.1) is 6.26 Å². The maximum absolute atomic E-state index is 12.7. The first kappa shape index (κ1) is 20.2. The predicted octanol–water partition coefficient (Wildman–Crippen LogP) is 5.89. The summed E-state index contributed by atoms with van der Waals surface area (Å²) in [5.41, 5.74) is 2.79. The highest BCUT2D eigenvalue weighted by molar-refractivity contribution is 9.10. The first-order valence-corrected chi connectivity index (χ1v) is 13.8. The van der Waals surface area contributed by atoms with E-state index < -0.39 is 18.3 Å². The number of anilines is 1. The van der Waals surface area contributed by atoms with Gasteiger partial charge in [0.25, 0.3) is 0 Å². The van der Waals surface area contributed by atoms with Crippen LogP contribution in [0.1, 0.15) is 20.8 Å². The van der Waals surface area contributed by atoms with Crippen LogP contribution < -0.4 is 3.97 Å². The Bertz CT molecular complexity index is 859. The molecule has 0 aliphatic rings. The highest BCUT2D eigenvalue weighted by Gasteiger charge is 2.45. The Kier molecular flexibility index (Phi) is 5.57. The molecule has 0 heterocycles. The maximum Gasteiger partial charge on any atom is 0.224 e. The molecule has 0 saturated carbocycles. The topological polar surface area (TPSA) is 37.4 Å². The summed E-state index contributed by atoms with van der Waals surface area (Å²) in [4.78, 5) is 0. The van der Waals surface area contributed by atoms with Crippen LogP contribution in [0.5, 0.6) is 0 Å². The average Bonchev–Trinajstić information content (AvgIpc) is 2.44. The Morgan fingerprint density at radius 1 is 0.960 bits per heavy atom. The molecule has 3 nitrogen and oxygen atoms in total. The van der Waals surface area contributed by atoms with Gasteiger partial charge in [0, 0.05) is 10.2 Å². The summed E-state index contributed by atoms with van der Waals surface area (Å²) < 4.78 is 28.0. The van der Waals surface area contributed by atoms with Gasteiger partial charge in [0.1, 0.15) is 0 Å². The average molecular weight is 440 g/mol. The lowest BCUT2D eigenvalue weighted by atomic mass is 10.1. The molecule has 2 aromatic carbocycles. The summed E-state index contributed by atoms with van der Waals surface area (Å²) in [6, 6.07) is 15.9. The molecule has 0 fully saturated rings. The van der Waals surface area contributed by atoms with Crippen molar-refractivity contribution < 1.29 is 8.42 Å². The number of rotatable bonds is 4. The zero-order valence-corrected chi connectivity index (χ0v) is 19.1. The third kappa shape index (κ3) is 4.35. The fraction of sp³-hybridized carbons (Fsp3) is 0.368. The number of benzene rings is 2. The molecular weight excluding hydrogens is 414 g/mol. The van der Waals surface area contributed by atoms with Crippen molar-refractivity contribution >= 4 is 39.9 Å². The third-order valence-corrected chi connectivity index (χ3v) is 13.5. The SMILES string of the molecule is CC(C)(C)[Si](C)(C)N(c1cc(Br)cc(-c2ccccc2)c1)S(C)(=O)=O. The van der Waals surface area contributed by atoms with Crippen LogP contribution in [-0.4, -0.2) is 22.9 Å². The van der Waals surface area contributed by atoms with Gasteiger partial charge in [-0.2, -0.15) is 0 Å². The number of halogens is 1. The van der Waals surface area contributed by atoms with Crippen molar-refractivity contribution in [1.29, 1.82) is 0 Å². The number of hydrogen-bond acceptors (Lipinski definition) is 2. The fourth-order valence-electron chi connectivity index (χ4n) is 2.72. The minimum absolute atomic E-state index is 0.106. The van der Waals surface area contributed by atoms with E-state index in [-0.39, 0.29) is 5.04 Å². The molecular formula is C19H26BrNO2SSi. The molecule has 0 bridgehead atoms. The van der Waals surface area contributed by atoms with Gasteiger partial charge in [-0.15, -0.1) is 0 Å². The molecule has 2 aromatic rings. The van der Waals surface area contributed by atoms with Crippen LogP contribution in [0.2, 0.25) is 18.1 Å². The normalized spacial score (nSPS) is 12.9. The second-order valence-corrected chi connectivity index (χ2v) is 16.0. The Morgan fingerprint density at radius 3 is 2.00 bits per heavy atom. The van der Waals surface area contributed by atoms with Gasteiger partial charge in [-0.05, 0) is 34.4 Å². The molecule has 0 amide bonds. The van der Waals surface area contributed by atoms with Gasteiger partial charge in [-0.1, -0.05) is 80.1 Å². The van der Waals surface area contributed by atoms with Gasteiger partial charge in [0.2, 0.25) is 10.0 Å². The summed E-state index contributed by atoms with van der Waals surface area (Å²) >= 11 is 3.56. The second kappa shape index (κ2) is 6.89. The van der Waals surface area contributed by atoms with E-state index in [9.17, 15) is 8.42 Å². The van der Waals surface area contributed by atoms with E-state index in [0.29, 0.717) is 0 Å². The van der Waals surface area contributed by atoms with Crippen molar-refractivity contribution in [2.45, 2.75) is 38.9 Å². The van der Waals surface area contributed by atoms with E-state index in [1.807, 2.05) is 48.5 Å². The first-order valence-electron chi connectivity index (χ1n) is 8.20. The number of hydrogen-bond donors (Lipinski definition) is 0. The van der Waals surface area contributed by atoms with E-state index in [1.165, 1.54) is 6.26 Å². The minimum atomic E-state index is -3.40. The summed E-state index contributed by atoms with van der Waals surface area (Å²) in [5, 5.41) is -0.106. The van der Waals surface area contributed by atoms with Crippen LogP contribution >= 0.6 is 15.9 Å². The van der Waals surface area contributed by atoms with Crippen molar-refractivity contribution in [3.63, 3.8) is 0 Å². The summed E-state index contributed by atoms with van der Waals surface area (Å²) in [7, 11) is -5.73. The van der Waals surface area contributed by atoms with Crippen molar-refractivity contribution in [3.8, 4) is 11.1 Å². The highest BCUT2D eigenvalue weighted by atomic mass is 79.9. The maximum atomic E-state index is 12.7. The fourth-order valence-corrected chi connectivity index (χ4v) is 9.21. The van der Waals surface area contributed by atoms with Crippen LogP contribution in [0.25, 0.3) is 11.1 Å². The monoisotopic (exact) mass is 439 g/mol. The molecule has 6 heteroatoms. The smallest absolute Gasteiger partial charge is 0.224 e. The molecule has 136 valence electrons. The first-order chi connectivity index (χ1) is 11.3. The third-order valence-electron chi connectivity index (χ3n) is 4.90. The number of sulfonamides is 1. The minimum Gasteiger partial charge on any atom is -0.298 e. The van der Waals surface area contributed by atoms with Gasteiger partial charge >= 0.3 is 0 Å². The Balaban J connectivity index is 2.70. The van der Waals surface area contributed by atoms with Gasteiger partial charge in [-0.3, -0.25) is 3.97 Å². The van der Waals surface area contributed by atoms with Crippen molar-refractivity contribution in [2.24, 2.45) is 0 Å². The van der Waals surface area contributed by atoms with Crippen molar-refractivity contribution in [3.05, 3.63) is 53.0 Å². The molecule has 2 rings (SSSR count). The molecule has 0 N–H and O–H groups in total. The zero-order valence-electron chi connectivity index (χ0n) is 15.7. The zero-order chi connectivity index (χ0) is 19.0. The molecule has 0 aliphatic heterocycles. The lowest BCUT2D eigenvalue weighted by Gasteiger charge is -2.45. The van der Waals surface area contributed by atoms with Gasteiger partial charge in [0.15, 0.2) is 8.24 Å². The Labute approximate surface area is 161 Å². The Hall–Kier alpha value is -1.11. The van der Waals surface area contributed by atoms with Crippen molar-refractivity contribution in [2.75, 3.05) is 10.2 Å². The van der Waals surface area contributed by atoms with E-state index in [1.54, 1.807) is 3.97 Å². The van der Waals surface area contributed by atoms with Crippen LogP contribution in [-0.2, 0) is 10.0 Å². The number of nitrogens with zero attached hydrogens (tertiary/aromatic N) is 1. The molecule has 0 unspecified atom stereocenters. The second-order valence-electron chi connectivity index (χ2n) is 7.90. The Morgan fingerprint density at radius 2 is 1.52 bits per heavy atom. The molecule has 0 saturated heterocycles. The van der Waals surface area contributed by atoms with E-state index in [4.69, 9.17) is 0 Å². The van der Waals surface area contributed by atoms with Gasteiger partial charge in [-0.25, -0.2) is 8.42 Å². The molecule has 0 aromatic heterocycles. The predicted molar refractivity (Wildman–Crippen MR) is 114 cm³/mol. The largest absolute Gasteiger partial charge is 0.298 e. The van der Waals surface area contributed by atoms with Crippen LogP contribution in [0.15, 0.2) is 53.0 Å². The van der Waals surface area contributed by atoms with Crippen molar-refractivity contribution in [1.82, 2.24) is 0 Å². The van der Waals surface area contributed by atoms with E-state index in [0.717, 1.165) is 21.3 Å². The van der Waals surface area contributed by atoms with Crippen LogP contribution in [0.4, 0.5) is 5.69 Å². The van der Waals surface area contributed by atoms with Crippen LogP contribution in [0.3, 0.4) is 0 Å². The lowest BCUT2D eigenvalue weighted by Crippen LogP contribution is -2.57. The van der Waals surface area contributed by atoms with Gasteiger partial charge < -0.3 is 0 Å². The summed E-state index contributed by atoms with van der Waals surface area (Å²) in [6.45, 7) is 10.6. The lowest BCUT2D eigenvalue weighted by molar-refractivity contribution is 0.600. The van der Waals surface area contributed by atoms with E-state index >= 15 is 0 Å². The molecule has 25 heavy (non-hydrogen) atoms. The molecule has 0 radical (unpaired) electrons.